The molecule has 18 heavy (non-hydrogen) atoms. The number of sulfonamides is 1. The zero-order valence-electron chi connectivity index (χ0n) is 10.3. The summed E-state index contributed by atoms with van der Waals surface area (Å²) in [6.45, 7) is 4.49. The average Bonchev–Trinajstić information content (AvgIpc) is 2.83. The number of nitrogens with two attached hydrogens (primary N) is 1. The topological polar surface area (TPSA) is 63.4 Å². The van der Waals surface area contributed by atoms with Gasteiger partial charge in [-0.15, -0.1) is 11.3 Å². The van der Waals surface area contributed by atoms with E-state index in [1.54, 1.807) is 16.4 Å². The first-order valence-electron chi connectivity index (χ1n) is 5.68. The Kier molecular flexibility index (Phi) is 3.52. The molecule has 0 bridgehead atoms. The Hall–Kier alpha value is -0.500. The molecule has 2 rings (SSSR count). The quantitative estimate of drug-likeness (QED) is 0.867. The number of hydrogen-bond acceptors (Lipinski definition) is 4. The second-order valence-electron chi connectivity index (χ2n) is 4.98. The molecular formula is C11H16N2O2S3. The molecule has 1 saturated heterocycles. The Morgan fingerprint density at radius 1 is 1.50 bits per heavy atom. The predicted octanol–water partition coefficient (Wildman–Crippen LogP) is 1.95. The third kappa shape index (κ3) is 2.32. The van der Waals surface area contributed by atoms with Crippen LogP contribution in [0, 0.1) is 0 Å². The first-order valence-corrected chi connectivity index (χ1v) is 8.34. The van der Waals surface area contributed by atoms with Crippen molar-refractivity contribution in [2.24, 2.45) is 5.73 Å². The lowest BCUT2D eigenvalue weighted by atomic mass is 10.0. The molecule has 1 fully saturated rings. The van der Waals surface area contributed by atoms with Crippen LogP contribution in [0.2, 0.25) is 0 Å². The van der Waals surface area contributed by atoms with Crippen LogP contribution in [0.3, 0.4) is 0 Å². The molecule has 1 aromatic heterocycles. The van der Waals surface area contributed by atoms with Crippen LogP contribution in [0.4, 0.5) is 0 Å². The molecular weight excluding hydrogens is 288 g/mol. The Balaban J connectivity index is 2.39. The summed E-state index contributed by atoms with van der Waals surface area (Å²) in [4.78, 5) is 0.878. The standard InChI is InChI=1S/C11H16N2O2S3/c1-11(2)6-3-7-13(11)18(14,15)9-5-4-8(17-9)10(12)16/h4-5H,3,6-7H2,1-2H3,(H2,12,16). The maximum Gasteiger partial charge on any atom is 0.253 e. The van der Waals surface area contributed by atoms with Crippen LogP contribution in [0.15, 0.2) is 16.3 Å². The molecule has 100 valence electrons. The highest BCUT2D eigenvalue weighted by Gasteiger charge is 2.41. The molecule has 2 heterocycles. The second-order valence-corrected chi connectivity index (χ2v) is 8.59. The molecule has 1 aliphatic heterocycles. The van der Waals surface area contributed by atoms with Gasteiger partial charge in [-0.2, -0.15) is 4.31 Å². The van der Waals surface area contributed by atoms with E-state index in [9.17, 15) is 8.42 Å². The van der Waals surface area contributed by atoms with E-state index in [-0.39, 0.29) is 10.5 Å². The van der Waals surface area contributed by atoms with Crippen LogP contribution in [0.1, 0.15) is 31.6 Å². The van der Waals surface area contributed by atoms with Gasteiger partial charge in [0, 0.05) is 12.1 Å². The van der Waals surface area contributed by atoms with Crippen molar-refractivity contribution in [2.45, 2.75) is 36.4 Å². The highest BCUT2D eigenvalue weighted by molar-refractivity contribution is 7.91. The van der Waals surface area contributed by atoms with Crippen LogP contribution in [-0.4, -0.2) is 29.8 Å². The molecule has 4 nitrogen and oxygen atoms in total. The number of rotatable bonds is 3. The molecule has 0 aliphatic carbocycles. The van der Waals surface area contributed by atoms with Gasteiger partial charge < -0.3 is 5.73 Å². The van der Waals surface area contributed by atoms with Crippen molar-refractivity contribution in [3.8, 4) is 0 Å². The van der Waals surface area contributed by atoms with Crippen LogP contribution in [0.25, 0.3) is 0 Å². The van der Waals surface area contributed by atoms with Gasteiger partial charge in [0.05, 0.1) is 4.88 Å². The minimum atomic E-state index is -3.42. The summed E-state index contributed by atoms with van der Waals surface area (Å²) in [7, 11) is -3.42. The molecule has 0 spiro atoms. The lowest BCUT2D eigenvalue weighted by molar-refractivity contribution is 0.292. The van der Waals surface area contributed by atoms with E-state index in [4.69, 9.17) is 18.0 Å². The summed E-state index contributed by atoms with van der Waals surface area (Å²) < 4.78 is 27.0. The summed E-state index contributed by atoms with van der Waals surface area (Å²) in [6.07, 6.45) is 1.79. The molecule has 1 aliphatic rings. The molecule has 0 aromatic carbocycles. The fourth-order valence-corrected chi connectivity index (χ4v) is 5.54. The van der Waals surface area contributed by atoms with Gasteiger partial charge in [0.25, 0.3) is 10.0 Å². The zero-order valence-corrected chi connectivity index (χ0v) is 12.8. The van der Waals surface area contributed by atoms with Crippen LogP contribution >= 0.6 is 23.6 Å². The van der Waals surface area contributed by atoms with Crippen molar-refractivity contribution in [1.29, 1.82) is 0 Å². The summed E-state index contributed by atoms with van der Waals surface area (Å²) in [5.74, 6) is 0. The Bertz CT molecular complexity index is 575. The second kappa shape index (κ2) is 4.56. The Morgan fingerprint density at radius 2 is 2.17 bits per heavy atom. The van der Waals surface area contributed by atoms with E-state index in [1.165, 1.54) is 0 Å². The number of thiocarbonyl (C=S) groups is 1. The minimum Gasteiger partial charge on any atom is -0.389 e. The molecule has 0 radical (unpaired) electrons. The Morgan fingerprint density at radius 3 is 2.61 bits per heavy atom. The Labute approximate surface area is 117 Å². The van der Waals surface area contributed by atoms with Gasteiger partial charge in [0.1, 0.15) is 9.20 Å². The van der Waals surface area contributed by atoms with E-state index >= 15 is 0 Å². The maximum atomic E-state index is 12.5. The van der Waals surface area contributed by atoms with Crippen molar-refractivity contribution < 1.29 is 8.42 Å². The van der Waals surface area contributed by atoms with Crippen molar-refractivity contribution >= 4 is 38.6 Å². The van der Waals surface area contributed by atoms with Crippen molar-refractivity contribution in [1.82, 2.24) is 4.31 Å². The van der Waals surface area contributed by atoms with Crippen LogP contribution in [-0.2, 0) is 10.0 Å². The van der Waals surface area contributed by atoms with E-state index in [1.807, 2.05) is 13.8 Å². The summed E-state index contributed by atoms with van der Waals surface area (Å²) in [5, 5.41) is 0. The molecule has 7 heteroatoms. The summed E-state index contributed by atoms with van der Waals surface area (Å²) >= 11 is 6.00. The first-order chi connectivity index (χ1) is 8.25. The summed E-state index contributed by atoms with van der Waals surface area (Å²) in [5.41, 5.74) is 5.20. The van der Waals surface area contributed by atoms with Crippen molar-refractivity contribution in [3.05, 3.63) is 17.0 Å². The molecule has 0 unspecified atom stereocenters. The van der Waals surface area contributed by atoms with E-state index in [0.29, 0.717) is 15.6 Å². The minimum absolute atomic E-state index is 0.238. The fourth-order valence-electron chi connectivity index (χ4n) is 2.23. The molecule has 0 atom stereocenters. The smallest absolute Gasteiger partial charge is 0.253 e. The zero-order chi connectivity index (χ0) is 13.6. The highest BCUT2D eigenvalue weighted by atomic mass is 32.2. The normalized spacial score (nSPS) is 20.1. The SMILES string of the molecule is CC1(C)CCCN1S(=O)(=O)c1ccc(C(N)=S)s1. The van der Waals surface area contributed by atoms with Gasteiger partial charge in [-0.3, -0.25) is 0 Å². The predicted molar refractivity (Wildman–Crippen MR) is 77.4 cm³/mol. The average molecular weight is 304 g/mol. The summed E-state index contributed by atoms with van der Waals surface area (Å²) in [6, 6.07) is 3.26. The molecule has 1 aromatic rings. The molecule has 2 N–H and O–H groups in total. The van der Waals surface area contributed by atoms with Crippen molar-refractivity contribution in [3.63, 3.8) is 0 Å². The maximum absolute atomic E-state index is 12.5. The van der Waals surface area contributed by atoms with E-state index < -0.39 is 10.0 Å². The molecule has 0 amide bonds. The van der Waals surface area contributed by atoms with Gasteiger partial charge in [-0.25, -0.2) is 8.42 Å². The van der Waals surface area contributed by atoms with Crippen molar-refractivity contribution in [2.75, 3.05) is 6.54 Å². The number of nitrogens with zero attached hydrogens (tertiary/aromatic N) is 1. The van der Waals surface area contributed by atoms with Gasteiger partial charge in [-0.05, 0) is 38.8 Å². The monoisotopic (exact) mass is 304 g/mol. The largest absolute Gasteiger partial charge is 0.389 e. The fraction of sp³-hybridized carbons (Fsp3) is 0.545. The van der Waals surface area contributed by atoms with Crippen LogP contribution < -0.4 is 5.73 Å². The van der Waals surface area contributed by atoms with Gasteiger partial charge in [0.15, 0.2) is 0 Å². The third-order valence-corrected chi connectivity index (χ3v) is 7.24. The number of thiophene rings is 1. The van der Waals surface area contributed by atoms with E-state index in [0.717, 1.165) is 24.2 Å². The first kappa shape index (κ1) is 13.9. The van der Waals surface area contributed by atoms with E-state index in [2.05, 4.69) is 0 Å². The third-order valence-electron chi connectivity index (χ3n) is 3.19. The van der Waals surface area contributed by atoms with Gasteiger partial charge >= 0.3 is 0 Å². The molecule has 0 saturated carbocycles. The van der Waals surface area contributed by atoms with Gasteiger partial charge in [0.2, 0.25) is 0 Å². The lowest BCUT2D eigenvalue weighted by Crippen LogP contribution is -2.42. The van der Waals surface area contributed by atoms with Gasteiger partial charge in [-0.1, -0.05) is 12.2 Å². The van der Waals surface area contributed by atoms with Crippen LogP contribution in [0.5, 0.6) is 0 Å². The highest BCUT2D eigenvalue weighted by Crippen LogP contribution is 2.35. The lowest BCUT2D eigenvalue weighted by Gasteiger charge is -2.29. The number of hydrogen-bond donors (Lipinski definition) is 1.